The van der Waals surface area contributed by atoms with Gasteiger partial charge in [0.05, 0.1) is 11.4 Å². The van der Waals surface area contributed by atoms with Crippen molar-refractivity contribution in [3.63, 3.8) is 0 Å². The lowest BCUT2D eigenvalue weighted by atomic mass is 10.0. The van der Waals surface area contributed by atoms with E-state index in [4.69, 9.17) is 0 Å². The lowest BCUT2D eigenvalue weighted by molar-refractivity contribution is 0.0732. The van der Waals surface area contributed by atoms with Crippen molar-refractivity contribution in [3.8, 4) is 10.4 Å². The van der Waals surface area contributed by atoms with E-state index in [1.54, 1.807) is 11.3 Å². The number of carbonyl (C=O) groups is 1. The first-order valence-electron chi connectivity index (χ1n) is 8.95. The second-order valence-electron chi connectivity index (χ2n) is 6.82. The fourth-order valence-corrected chi connectivity index (χ4v) is 4.36. The molecule has 134 valence electrons. The maximum Gasteiger partial charge on any atom is 0.254 e. The Hall–Kier alpha value is -2.99. The van der Waals surface area contributed by atoms with Gasteiger partial charge in [0.15, 0.2) is 5.65 Å². The zero-order chi connectivity index (χ0) is 18.4. The number of carbonyl (C=O) groups excluding carboxylic acids is 1. The highest BCUT2D eigenvalue weighted by molar-refractivity contribution is 7.13. The van der Waals surface area contributed by atoms with Crippen LogP contribution in [0.25, 0.3) is 16.1 Å². The molecule has 0 unspecified atom stereocenters. The Morgan fingerprint density at radius 1 is 1.19 bits per heavy atom. The van der Waals surface area contributed by atoms with Crippen LogP contribution in [-0.4, -0.2) is 31.9 Å². The van der Waals surface area contributed by atoms with Gasteiger partial charge in [-0.3, -0.25) is 4.79 Å². The van der Waals surface area contributed by atoms with Gasteiger partial charge < -0.3 is 4.90 Å². The molecule has 4 heterocycles. The molecule has 3 aromatic heterocycles. The predicted octanol–water partition coefficient (Wildman–Crippen LogP) is 3.96. The van der Waals surface area contributed by atoms with Crippen LogP contribution in [0.3, 0.4) is 0 Å². The van der Waals surface area contributed by atoms with Gasteiger partial charge in [-0.2, -0.15) is 5.10 Å². The Labute approximate surface area is 160 Å². The van der Waals surface area contributed by atoms with Gasteiger partial charge in [0.1, 0.15) is 0 Å². The Bertz CT molecular complexity index is 1130. The molecule has 1 aliphatic heterocycles. The molecule has 5 nitrogen and oxygen atoms in total. The van der Waals surface area contributed by atoms with Crippen molar-refractivity contribution in [3.05, 3.63) is 76.6 Å². The number of thiophene rings is 1. The quantitative estimate of drug-likeness (QED) is 0.534. The summed E-state index contributed by atoms with van der Waals surface area (Å²) in [6.07, 6.45) is 2.67. The predicted molar refractivity (Wildman–Crippen MR) is 106 cm³/mol. The van der Waals surface area contributed by atoms with Crippen LogP contribution in [0.5, 0.6) is 0 Å². The fraction of sp³-hybridized carbons (Fsp3) is 0.190. The third-order valence-corrected chi connectivity index (χ3v) is 5.92. The summed E-state index contributed by atoms with van der Waals surface area (Å²) in [6, 6.07) is 14.0. The fourth-order valence-electron chi connectivity index (χ4n) is 3.63. The second kappa shape index (κ2) is 6.32. The number of hydrogen-bond donors (Lipinski definition) is 0. The summed E-state index contributed by atoms with van der Waals surface area (Å²) < 4.78 is 1.92. The molecule has 1 aliphatic rings. The molecule has 0 bridgehead atoms. The molecule has 0 fully saturated rings. The topological polar surface area (TPSA) is 50.5 Å². The van der Waals surface area contributed by atoms with Crippen LogP contribution in [0.15, 0.2) is 54.0 Å². The van der Waals surface area contributed by atoms with Crippen molar-refractivity contribution in [1.82, 2.24) is 19.5 Å². The third-order valence-electron chi connectivity index (χ3n) is 5.00. The van der Waals surface area contributed by atoms with Gasteiger partial charge >= 0.3 is 0 Å². The molecule has 0 spiro atoms. The zero-order valence-corrected chi connectivity index (χ0v) is 15.7. The summed E-state index contributed by atoms with van der Waals surface area (Å²) in [5.41, 5.74) is 5.93. The van der Waals surface area contributed by atoms with Crippen LogP contribution < -0.4 is 0 Å². The number of aryl methyl sites for hydroxylation is 1. The molecule has 4 aromatic rings. The van der Waals surface area contributed by atoms with Crippen LogP contribution >= 0.6 is 11.3 Å². The summed E-state index contributed by atoms with van der Waals surface area (Å²) >= 11 is 1.70. The minimum atomic E-state index is 0.0649. The van der Waals surface area contributed by atoms with Gasteiger partial charge in [0.2, 0.25) is 0 Å². The third kappa shape index (κ3) is 2.82. The lowest BCUT2D eigenvalue weighted by Gasteiger charge is -2.28. The van der Waals surface area contributed by atoms with E-state index in [1.165, 1.54) is 4.88 Å². The second-order valence-corrected chi connectivity index (χ2v) is 7.76. The number of fused-ring (bicyclic) bond motifs is 3. The first kappa shape index (κ1) is 16.2. The number of hydrogen-bond acceptors (Lipinski definition) is 4. The zero-order valence-electron chi connectivity index (χ0n) is 14.9. The number of amides is 1. The maximum absolute atomic E-state index is 13.0. The largest absolute Gasteiger partial charge is 0.334 e. The highest BCUT2D eigenvalue weighted by atomic mass is 32.1. The lowest BCUT2D eigenvalue weighted by Crippen LogP contribution is -2.37. The van der Waals surface area contributed by atoms with E-state index in [9.17, 15) is 4.79 Å². The molecule has 0 aliphatic carbocycles. The molecule has 0 saturated carbocycles. The SMILES string of the molecule is Cc1cc2ncc3c(n2n1)CCN(C(=O)c1ccc(-c2cccs2)cc1)C3. The van der Waals surface area contributed by atoms with Crippen LogP contribution in [0, 0.1) is 6.92 Å². The van der Waals surface area contributed by atoms with Crippen LogP contribution in [0.2, 0.25) is 0 Å². The van der Waals surface area contributed by atoms with Crippen molar-refractivity contribution in [2.24, 2.45) is 0 Å². The summed E-state index contributed by atoms with van der Waals surface area (Å²) in [7, 11) is 0. The van der Waals surface area contributed by atoms with Gasteiger partial charge in [0.25, 0.3) is 5.91 Å². The monoisotopic (exact) mass is 374 g/mol. The van der Waals surface area contributed by atoms with Gasteiger partial charge in [-0.15, -0.1) is 11.3 Å². The summed E-state index contributed by atoms with van der Waals surface area (Å²) in [5, 5.41) is 6.60. The molecule has 1 aromatic carbocycles. The Balaban J connectivity index is 1.39. The number of nitrogens with zero attached hydrogens (tertiary/aromatic N) is 4. The minimum Gasteiger partial charge on any atom is -0.334 e. The number of benzene rings is 1. The first-order valence-corrected chi connectivity index (χ1v) is 9.83. The highest BCUT2D eigenvalue weighted by Gasteiger charge is 2.24. The molecule has 6 heteroatoms. The standard InChI is InChI=1S/C21H18N4OS/c1-14-11-20-22-12-17-13-24(9-8-18(17)25(20)23-14)21(26)16-6-4-15(5-7-16)19-3-2-10-27-19/h2-7,10-12H,8-9,13H2,1H3. The van der Waals surface area contributed by atoms with Gasteiger partial charge in [-0.05, 0) is 36.1 Å². The Kier molecular flexibility index (Phi) is 3.79. The van der Waals surface area contributed by atoms with Crippen molar-refractivity contribution in [1.29, 1.82) is 0 Å². The van der Waals surface area contributed by atoms with E-state index in [0.717, 1.165) is 40.1 Å². The van der Waals surface area contributed by atoms with E-state index >= 15 is 0 Å². The molecular weight excluding hydrogens is 356 g/mol. The van der Waals surface area contributed by atoms with E-state index in [0.29, 0.717) is 13.1 Å². The molecule has 0 N–H and O–H groups in total. The molecule has 0 atom stereocenters. The van der Waals surface area contributed by atoms with Crippen molar-refractivity contribution < 1.29 is 4.79 Å². The summed E-state index contributed by atoms with van der Waals surface area (Å²) in [4.78, 5) is 20.6. The molecule has 1 amide bonds. The van der Waals surface area contributed by atoms with Crippen molar-refractivity contribution in [2.75, 3.05) is 6.54 Å². The average Bonchev–Trinajstić information content (AvgIpc) is 3.36. The van der Waals surface area contributed by atoms with Crippen molar-refractivity contribution in [2.45, 2.75) is 19.9 Å². The summed E-state index contributed by atoms with van der Waals surface area (Å²) in [6.45, 7) is 3.23. The van der Waals surface area contributed by atoms with E-state index in [-0.39, 0.29) is 5.91 Å². The van der Waals surface area contributed by atoms with Gasteiger partial charge in [0, 0.05) is 47.8 Å². The van der Waals surface area contributed by atoms with Gasteiger partial charge in [-0.1, -0.05) is 18.2 Å². The van der Waals surface area contributed by atoms with E-state index < -0.39 is 0 Å². The maximum atomic E-state index is 13.0. The molecule has 0 saturated heterocycles. The Morgan fingerprint density at radius 3 is 2.81 bits per heavy atom. The molecule has 0 radical (unpaired) electrons. The smallest absolute Gasteiger partial charge is 0.254 e. The Morgan fingerprint density at radius 2 is 2.04 bits per heavy atom. The number of aromatic nitrogens is 3. The first-order chi connectivity index (χ1) is 13.2. The van der Waals surface area contributed by atoms with Crippen LogP contribution in [-0.2, 0) is 13.0 Å². The van der Waals surface area contributed by atoms with Crippen LogP contribution in [0.1, 0.15) is 27.3 Å². The van der Waals surface area contributed by atoms with Crippen LogP contribution in [0.4, 0.5) is 0 Å². The highest BCUT2D eigenvalue weighted by Crippen LogP contribution is 2.26. The van der Waals surface area contributed by atoms with E-state index in [2.05, 4.69) is 21.5 Å². The molecule has 27 heavy (non-hydrogen) atoms. The summed E-state index contributed by atoms with van der Waals surface area (Å²) in [5.74, 6) is 0.0649. The number of rotatable bonds is 2. The average molecular weight is 374 g/mol. The molecular formula is C21H18N4OS. The minimum absolute atomic E-state index is 0.0649. The van der Waals surface area contributed by atoms with Crippen molar-refractivity contribution >= 4 is 22.9 Å². The normalized spacial score (nSPS) is 13.7. The van der Waals surface area contributed by atoms with Gasteiger partial charge in [-0.25, -0.2) is 9.50 Å². The molecule has 5 rings (SSSR count). The van der Waals surface area contributed by atoms with E-state index in [1.807, 2.05) is 58.9 Å².